The second-order valence-corrected chi connectivity index (χ2v) is 4.00. The fourth-order valence-electron chi connectivity index (χ4n) is 1.21. The van der Waals surface area contributed by atoms with E-state index in [2.05, 4.69) is 5.32 Å². The van der Waals surface area contributed by atoms with E-state index in [0.29, 0.717) is 11.6 Å². The average Bonchev–Trinajstić information content (AvgIpc) is 2.25. The Morgan fingerprint density at radius 2 is 2.20 bits per heavy atom. The molecular formula is C11H16ClNO2. The van der Waals surface area contributed by atoms with Gasteiger partial charge in [-0.15, -0.1) is 0 Å². The van der Waals surface area contributed by atoms with Crippen LogP contribution in [-0.4, -0.2) is 29.4 Å². The van der Waals surface area contributed by atoms with E-state index in [1.54, 1.807) is 18.2 Å². The Labute approximate surface area is 94.7 Å². The smallest absolute Gasteiger partial charge is 0.0915 e. The number of nitrogens with one attached hydrogen (secondary N) is 1. The summed E-state index contributed by atoms with van der Waals surface area (Å²) in [7, 11) is 0. The highest BCUT2D eigenvalue weighted by Gasteiger charge is 2.08. The Bertz CT molecular complexity index is 306. The lowest BCUT2D eigenvalue weighted by Crippen LogP contribution is -2.32. The summed E-state index contributed by atoms with van der Waals surface area (Å²) in [4.78, 5) is 0. The molecule has 0 saturated carbocycles. The number of aliphatic hydroxyl groups is 2. The highest BCUT2D eigenvalue weighted by Crippen LogP contribution is 2.16. The van der Waals surface area contributed by atoms with E-state index < -0.39 is 6.10 Å². The minimum atomic E-state index is -0.599. The SMILES string of the molecule is C[C@H](CO)NCC(O)c1cccc(Cl)c1. The molecule has 0 aliphatic carbocycles. The molecule has 1 aromatic rings. The number of aliphatic hydroxyl groups excluding tert-OH is 2. The first-order valence-electron chi connectivity index (χ1n) is 4.91. The van der Waals surface area contributed by atoms with Crippen molar-refractivity contribution in [2.75, 3.05) is 13.2 Å². The monoisotopic (exact) mass is 229 g/mol. The summed E-state index contributed by atoms with van der Waals surface area (Å²) >= 11 is 5.81. The number of rotatable bonds is 5. The van der Waals surface area contributed by atoms with E-state index in [1.165, 1.54) is 0 Å². The third kappa shape index (κ3) is 4.18. The van der Waals surface area contributed by atoms with Crippen LogP contribution in [0.25, 0.3) is 0 Å². The molecule has 84 valence electrons. The lowest BCUT2D eigenvalue weighted by Gasteiger charge is -2.15. The molecule has 0 fully saturated rings. The molecule has 1 rings (SSSR count). The molecule has 4 heteroatoms. The summed E-state index contributed by atoms with van der Waals surface area (Å²) in [6, 6.07) is 7.11. The Hall–Kier alpha value is -0.610. The van der Waals surface area contributed by atoms with Crippen LogP contribution in [0.4, 0.5) is 0 Å². The Kier molecular flexibility index (Phi) is 5.05. The Morgan fingerprint density at radius 3 is 2.80 bits per heavy atom. The Balaban J connectivity index is 2.50. The maximum Gasteiger partial charge on any atom is 0.0915 e. The molecule has 3 nitrogen and oxygen atoms in total. The number of hydrogen-bond donors (Lipinski definition) is 3. The minimum Gasteiger partial charge on any atom is -0.395 e. The van der Waals surface area contributed by atoms with Crippen LogP contribution in [0.15, 0.2) is 24.3 Å². The summed E-state index contributed by atoms with van der Waals surface area (Å²) in [6.45, 7) is 2.31. The lowest BCUT2D eigenvalue weighted by atomic mass is 10.1. The molecule has 0 bridgehead atoms. The zero-order valence-electron chi connectivity index (χ0n) is 8.65. The van der Waals surface area contributed by atoms with Crippen LogP contribution in [0.1, 0.15) is 18.6 Å². The maximum atomic E-state index is 9.79. The van der Waals surface area contributed by atoms with Crippen LogP contribution < -0.4 is 5.32 Å². The topological polar surface area (TPSA) is 52.5 Å². The van der Waals surface area contributed by atoms with Gasteiger partial charge in [0.2, 0.25) is 0 Å². The average molecular weight is 230 g/mol. The van der Waals surface area contributed by atoms with E-state index in [0.717, 1.165) is 5.56 Å². The van der Waals surface area contributed by atoms with Crippen LogP contribution in [-0.2, 0) is 0 Å². The van der Waals surface area contributed by atoms with E-state index in [9.17, 15) is 5.11 Å². The van der Waals surface area contributed by atoms with Gasteiger partial charge >= 0.3 is 0 Å². The van der Waals surface area contributed by atoms with Gasteiger partial charge < -0.3 is 15.5 Å². The second-order valence-electron chi connectivity index (χ2n) is 3.56. The molecule has 0 saturated heterocycles. The highest BCUT2D eigenvalue weighted by molar-refractivity contribution is 6.30. The fourth-order valence-corrected chi connectivity index (χ4v) is 1.41. The van der Waals surface area contributed by atoms with Crippen LogP contribution >= 0.6 is 11.6 Å². The van der Waals surface area contributed by atoms with Crippen LogP contribution in [0.2, 0.25) is 5.02 Å². The molecule has 0 aliphatic heterocycles. The van der Waals surface area contributed by atoms with Gasteiger partial charge in [-0.25, -0.2) is 0 Å². The molecule has 15 heavy (non-hydrogen) atoms. The molecule has 1 aromatic carbocycles. The zero-order chi connectivity index (χ0) is 11.3. The third-order valence-corrected chi connectivity index (χ3v) is 2.40. The largest absolute Gasteiger partial charge is 0.395 e. The van der Waals surface area contributed by atoms with Gasteiger partial charge in [0, 0.05) is 17.6 Å². The van der Waals surface area contributed by atoms with Crippen molar-refractivity contribution in [2.24, 2.45) is 0 Å². The fraction of sp³-hybridized carbons (Fsp3) is 0.455. The van der Waals surface area contributed by atoms with E-state index in [4.69, 9.17) is 16.7 Å². The van der Waals surface area contributed by atoms with Crippen molar-refractivity contribution < 1.29 is 10.2 Å². The first-order valence-corrected chi connectivity index (χ1v) is 5.29. The third-order valence-electron chi connectivity index (χ3n) is 2.17. The van der Waals surface area contributed by atoms with Crippen LogP contribution in [0.3, 0.4) is 0 Å². The van der Waals surface area contributed by atoms with Crippen molar-refractivity contribution >= 4 is 11.6 Å². The Morgan fingerprint density at radius 1 is 1.47 bits per heavy atom. The first-order chi connectivity index (χ1) is 7.13. The van der Waals surface area contributed by atoms with Gasteiger partial charge in [-0.05, 0) is 24.6 Å². The van der Waals surface area contributed by atoms with Gasteiger partial charge in [0.15, 0.2) is 0 Å². The van der Waals surface area contributed by atoms with Gasteiger partial charge in [-0.1, -0.05) is 23.7 Å². The molecular weight excluding hydrogens is 214 g/mol. The van der Waals surface area contributed by atoms with Crippen molar-refractivity contribution in [1.82, 2.24) is 5.32 Å². The summed E-state index contributed by atoms with van der Waals surface area (Å²) < 4.78 is 0. The predicted octanol–water partition coefficient (Wildman–Crippen LogP) is 1.34. The molecule has 2 atom stereocenters. The number of benzene rings is 1. The molecule has 0 radical (unpaired) electrons. The number of hydrogen-bond acceptors (Lipinski definition) is 3. The molecule has 0 spiro atoms. The second kappa shape index (κ2) is 6.08. The first kappa shape index (κ1) is 12.5. The molecule has 0 amide bonds. The van der Waals surface area contributed by atoms with Gasteiger partial charge in [-0.3, -0.25) is 0 Å². The van der Waals surface area contributed by atoms with Crippen LogP contribution in [0.5, 0.6) is 0 Å². The van der Waals surface area contributed by atoms with E-state index in [-0.39, 0.29) is 12.6 Å². The van der Waals surface area contributed by atoms with Crippen molar-refractivity contribution in [1.29, 1.82) is 0 Å². The predicted molar refractivity (Wildman–Crippen MR) is 61.0 cm³/mol. The summed E-state index contributed by atoms with van der Waals surface area (Å²) in [5.74, 6) is 0. The molecule has 1 unspecified atom stereocenters. The standard InChI is InChI=1S/C11H16ClNO2/c1-8(7-14)13-6-11(15)9-3-2-4-10(12)5-9/h2-5,8,11,13-15H,6-7H2,1H3/t8-,11?/m1/s1. The minimum absolute atomic E-state index is 0.0150. The van der Waals surface area contributed by atoms with Crippen LogP contribution in [0, 0.1) is 0 Å². The molecule has 0 aliphatic rings. The zero-order valence-corrected chi connectivity index (χ0v) is 9.41. The molecule has 3 N–H and O–H groups in total. The molecule has 0 aromatic heterocycles. The van der Waals surface area contributed by atoms with E-state index in [1.807, 2.05) is 13.0 Å². The number of halogens is 1. The normalized spacial score (nSPS) is 14.9. The van der Waals surface area contributed by atoms with Gasteiger partial charge in [0.05, 0.1) is 12.7 Å². The summed E-state index contributed by atoms with van der Waals surface area (Å²) in [6.07, 6.45) is -0.599. The van der Waals surface area contributed by atoms with Crippen molar-refractivity contribution in [3.05, 3.63) is 34.9 Å². The van der Waals surface area contributed by atoms with Crippen molar-refractivity contribution in [2.45, 2.75) is 19.1 Å². The lowest BCUT2D eigenvalue weighted by molar-refractivity contribution is 0.161. The summed E-state index contributed by atoms with van der Waals surface area (Å²) in [5, 5.41) is 22.2. The van der Waals surface area contributed by atoms with E-state index >= 15 is 0 Å². The van der Waals surface area contributed by atoms with Crippen molar-refractivity contribution in [3.63, 3.8) is 0 Å². The quantitative estimate of drug-likeness (QED) is 0.715. The maximum absolute atomic E-state index is 9.79. The van der Waals surface area contributed by atoms with Gasteiger partial charge in [0.1, 0.15) is 0 Å². The highest BCUT2D eigenvalue weighted by atomic mass is 35.5. The van der Waals surface area contributed by atoms with Gasteiger partial charge in [0.25, 0.3) is 0 Å². The van der Waals surface area contributed by atoms with Crippen molar-refractivity contribution in [3.8, 4) is 0 Å². The summed E-state index contributed by atoms with van der Waals surface area (Å²) in [5.41, 5.74) is 0.778. The molecule has 0 heterocycles. The van der Waals surface area contributed by atoms with Gasteiger partial charge in [-0.2, -0.15) is 0 Å².